The highest BCUT2D eigenvalue weighted by molar-refractivity contribution is 6.00. The van der Waals surface area contributed by atoms with Gasteiger partial charge in [-0.2, -0.15) is 23.3 Å². The second-order valence-corrected chi connectivity index (χ2v) is 8.94. The normalized spacial score (nSPS) is 18.4. The molecule has 0 bridgehead atoms. The van der Waals surface area contributed by atoms with Gasteiger partial charge in [-0.15, -0.1) is 0 Å². The van der Waals surface area contributed by atoms with E-state index in [1.54, 1.807) is 13.1 Å². The number of halogens is 5. The van der Waals surface area contributed by atoms with Crippen molar-refractivity contribution in [3.8, 4) is 0 Å². The first-order valence-electron chi connectivity index (χ1n) is 11.2. The van der Waals surface area contributed by atoms with Gasteiger partial charge in [0.05, 0.1) is 28.4 Å². The third-order valence-corrected chi connectivity index (χ3v) is 6.84. The molecule has 35 heavy (non-hydrogen) atoms. The Bertz CT molecular complexity index is 1250. The molecule has 1 amide bonds. The number of anilines is 2. The van der Waals surface area contributed by atoms with Crippen molar-refractivity contribution in [1.82, 2.24) is 24.7 Å². The van der Waals surface area contributed by atoms with E-state index in [0.29, 0.717) is 67.3 Å². The maximum absolute atomic E-state index is 13.3. The summed E-state index contributed by atoms with van der Waals surface area (Å²) in [5.74, 6) is 0.262. The van der Waals surface area contributed by atoms with Crippen LogP contribution in [0, 0.1) is 12.3 Å². The van der Waals surface area contributed by atoms with Gasteiger partial charge in [0.1, 0.15) is 12.2 Å². The number of hydrogen-bond acceptors (Lipinski definition) is 6. The fourth-order valence-electron chi connectivity index (χ4n) is 4.89. The summed E-state index contributed by atoms with van der Waals surface area (Å²) in [7, 11) is 0. The van der Waals surface area contributed by atoms with E-state index in [2.05, 4.69) is 20.1 Å². The number of carbonyl (C=O) groups excluding carboxylic acids is 1. The van der Waals surface area contributed by atoms with Gasteiger partial charge in [0.15, 0.2) is 5.65 Å². The topological polar surface area (TPSA) is 80.0 Å². The van der Waals surface area contributed by atoms with Gasteiger partial charge in [0.25, 0.3) is 6.43 Å². The van der Waals surface area contributed by atoms with Crippen molar-refractivity contribution < 1.29 is 26.7 Å². The van der Waals surface area contributed by atoms with Crippen molar-refractivity contribution in [2.45, 2.75) is 45.3 Å². The number of fused-ring (bicyclic) bond motifs is 1. The fraction of sp³-hybridized carbons (Fsp3) is 0.500. The molecule has 1 spiro atoms. The Morgan fingerprint density at radius 2 is 1.77 bits per heavy atom. The van der Waals surface area contributed by atoms with Gasteiger partial charge in [-0.1, -0.05) is 0 Å². The minimum atomic E-state index is -4.54. The Morgan fingerprint density at radius 3 is 2.40 bits per heavy atom. The molecule has 2 saturated heterocycles. The predicted octanol–water partition coefficient (Wildman–Crippen LogP) is 3.84. The van der Waals surface area contributed by atoms with Crippen LogP contribution in [0.4, 0.5) is 33.6 Å². The van der Waals surface area contributed by atoms with Gasteiger partial charge in [-0.25, -0.2) is 23.4 Å². The Hall–Kier alpha value is -3.38. The maximum Gasteiger partial charge on any atom is 0.433 e. The SMILES string of the molecule is Cc1nn(CC(F)F)c2nc(N3CCC4(CC3)CCN(c3ccc(C(F)(F)F)nc3)C4=O)ncc12. The first kappa shape index (κ1) is 23.4. The first-order chi connectivity index (χ1) is 16.6. The number of piperidine rings is 1. The zero-order valence-corrected chi connectivity index (χ0v) is 18.8. The van der Waals surface area contributed by atoms with Crippen molar-refractivity contribution >= 4 is 28.6 Å². The van der Waals surface area contributed by atoms with E-state index in [-0.39, 0.29) is 5.91 Å². The predicted molar refractivity (Wildman–Crippen MR) is 116 cm³/mol. The summed E-state index contributed by atoms with van der Waals surface area (Å²) in [4.78, 5) is 29.0. The zero-order valence-electron chi connectivity index (χ0n) is 18.8. The second-order valence-electron chi connectivity index (χ2n) is 8.94. The summed E-state index contributed by atoms with van der Waals surface area (Å²) >= 11 is 0. The van der Waals surface area contributed by atoms with E-state index >= 15 is 0 Å². The van der Waals surface area contributed by atoms with E-state index < -0.39 is 30.3 Å². The van der Waals surface area contributed by atoms with Crippen LogP contribution in [0.3, 0.4) is 0 Å². The van der Waals surface area contributed by atoms with Crippen LogP contribution in [-0.4, -0.2) is 56.7 Å². The molecule has 0 aliphatic carbocycles. The molecule has 2 aliphatic rings. The molecule has 8 nitrogen and oxygen atoms in total. The standard InChI is InChI=1S/C22H22F5N7O/c1-13-15-11-29-20(30-18(15)34(31-13)12-17(23)24)32-7-4-21(5-8-32)6-9-33(19(21)35)14-2-3-16(28-10-14)22(25,26)27/h2-3,10-11,17H,4-9,12H2,1H3. The Balaban J connectivity index is 1.30. The van der Waals surface area contributed by atoms with Crippen LogP contribution in [0.5, 0.6) is 0 Å². The molecule has 13 heteroatoms. The molecule has 0 atom stereocenters. The molecule has 0 saturated carbocycles. The van der Waals surface area contributed by atoms with Crippen molar-refractivity contribution in [1.29, 1.82) is 0 Å². The zero-order chi connectivity index (χ0) is 25.0. The molecular formula is C22H22F5N7O. The maximum atomic E-state index is 13.3. The van der Waals surface area contributed by atoms with Crippen LogP contribution in [0.15, 0.2) is 24.5 Å². The monoisotopic (exact) mass is 495 g/mol. The third-order valence-electron chi connectivity index (χ3n) is 6.84. The number of aryl methyl sites for hydroxylation is 1. The van der Waals surface area contributed by atoms with Crippen molar-refractivity contribution in [2.24, 2.45) is 5.41 Å². The second kappa shape index (κ2) is 8.38. The summed E-state index contributed by atoms with van der Waals surface area (Å²) in [6.07, 6.45) is -2.82. The Morgan fingerprint density at radius 1 is 1.06 bits per heavy atom. The smallest absolute Gasteiger partial charge is 0.341 e. The Kier molecular flexibility index (Phi) is 5.59. The average molecular weight is 495 g/mol. The summed E-state index contributed by atoms with van der Waals surface area (Å²) in [6.45, 7) is 2.52. The van der Waals surface area contributed by atoms with Gasteiger partial charge in [0.2, 0.25) is 11.9 Å². The van der Waals surface area contributed by atoms with E-state index in [0.717, 1.165) is 12.3 Å². The lowest BCUT2D eigenvalue weighted by Gasteiger charge is -2.37. The molecule has 0 aromatic carbocycles. The average Bonchev–Trinajstić information content (AvgIpc) is 3.30. The van der Waals surface area contributed by atoms with Crippen LogP contribution >= 0.6 is 0 Å². The number of pyridine rings is 1. The van der Waals surface area contributed by atoms with Crippen LogP contribution < -0.4 is 9.80 Å². The number of aromatic nitrogens is 5. The summed E-state index contributed by atoms with van der Waals surface area (Å²) in [5.41, 5.74) is -0.362. The van der Waals surface area contributed by atoms with Crippen LogP contribution in [0.2, 0.25) is 0 Å². The molecule has 2 aliphatic heterocycles. The van der Waals surface area contributed by atoms with Gasteiger partial charge in [-0.05, 0) is 38.3 Å². The molecule has 3 aromatic heterocycles. The highest BCUT2D eigenvalue weighted by atomic mass is 19.4. The molecule has 0 N–H and O–H groups in total. The Labute approximate surface area is 196 Å². The van der Waals surface area contributed by atoms with Gasteiger partial charge >= 0.3 is 6.18 Å². The lowest BCUT2D eigenvalue weighted by Crippen LogP contribution is -2.45. The molecule has 0 unspecified atom stereocenters. The number of hydrogen-bond donors (Lipinski definition) is 0. The third kappa shape index (κ3) is 4.16. The number of alkyl halides is 5. The summed E-state index contributed by atoms with van der Waals surface area (Å²) in [5, 5.41) is 4.74. The van der Waals surface area contributed by atoms with Crippen molar-refractivity contribution in [2.75, 3.05) is 29.4 Å². The first-order valence-corrected chi connectivity index (χ1v) is 11.2. The van der Waals surface area contributed by atoms with Crippen molar-refractivity contribution in [3.05, 3.63) is 35.9 Å². The summed E-state index contributed by atoms with van der Waals surface area (Å²) < 4.78 is 65.5. The number of amides is 1. The molecule has 0 radical (unpaired) electrons. The number of carbonyl (C=O) groups is 1. The van der Waals surface area contributed by atoms with E-state index in [9.17, 15) is 26.7 Å². The van der Waals surface area contributed by atoms with Gasteiger partial charge in [0, 0.05) is 25.8 Å². The van der Waals surface area contributed by atoms with E-state index in [1.165, 1.54) is 15.6 Å². The highest BCUT2D eigenvalue weighted by Crippen LogP contribution is 2.43. The number of nitrogens with zero attached hydrogens (tertiary/aromatic N) is 7. The lowest BCUT2D eigenvalue weighted by molar-refractivity contribution is -0.141. The summed E-state index contributed by atoms with van der Waals surface area (Å²) in [6, 6.07) is 2.15. The van der Waals surface area contributed by atoms with Gasteiger partial charge < -0.3 is 9.80 Å². The van der Waals surface area contributed by atoms with Crippen LogP contribution in [0.1, 0.15) is 30.7 Å². The lowest BCUT2D eigenvalue weighted by atomic mass is 9.77. The molecule has 5 rings (SSSR count). The van der Waals surface area contributed by atoms with Gasteiger partial charge in [-0.3, -0.25) is 4.79 Å². The minimum Gasteiger partial charge on any atom is -0.341 e. The molecule has 5 heterocycles. The quantitative estimate of drug-likeness (QED) is 0.512. The van der Waals surface area contributed by atoms with Crippen LogP contribution in [0.25, 0.3) is 11.0 Å². The van der Waals surface area contributed by atoms with Crippen molar-refractivity contribution in [3.63, 3.8) is 0 Å². The highest BCUT2D eigenvalue weighted by Gasteiger charge is 2.49. The minimum absolute atomic E-state index is 0.124. The molecule has 186 valence electrons. The number of rotatable bonds is 4. The fourth-order valence-corrected chi connectivity index (χ4v) is 4.89. The van der Waals surface area contributed by atoms with Crippen LogP contribution in [-0.2, 0) is 17.5 Å². The largest absolute Gasteiger partial charge is 0.433 e. The van der Waals surface area contributed by atoms with E-state index in [1.807, 2.05) is 4.90 Å². The molecule has 2 fully saturated rings. The molecule has 3 aromatic rings. The molecular weight excluding hydrogens is 473 g/mol. The van der Waals surface area contributed by atoms with E-state index in [4.69, 9.17) is 0 Å².